The second kappa shape index (κ2) is 10.6. The number of benzene rings is 3. The van der Waals surface area contributed by atoms with E-state index in [9.17, 15) is 5.11 Å². The van der Waals surface area contributed by atoms with Gasteiger partial charge in [0.1, 0.15) is 5.75 Å². The fourth-order valence-corrected chi connectivity index (χ4v) is 4.91. The van der Waals surface area contributed by atoms with Gasteiger partial charge < -0.3 is 20.5 Å². The molecule has 0 aliphatic carbocycles. The minimum Gasteiger partial charge on any atom is -0.496 e. The maximum Gasteiger partial charge on any atom is 0.123 e. The number of nitrogens with one attached hydrogen (secondary N) is 2. The van der Waals surface area contributed by atoms with Crippen LogP contribution in [0.3, 0.4) is 0 Å². The van der Waals surface area contributed by atoms with Gasteiger partial charge in [-0.25, -0.2) is 0 Å². The molecule has 0 aromatic heterocycles. The van der Waals surface area contributed by atoms with Crippen molar-refractivity contribution in [3.8, 4) is 5.75 Å². The van der Waals surface area contributed by atoms with Gasteiger partial charge in [0.25, 0.3) is 0 Å². The van der Waals surface area contributed by atoms with E-state index < -0.39 is 0 Å². The average Bonchev–Trinajstić information content (AvgIpc) is 3.21. The van der Waals surface area contributed by atoms with Gasteiger partial charge in [0.15, 0.2) is 0 Å². The smallest absolute Gasteiger partial charge is 0.123 e. The van der Waals surface area contributed by atoms with Crippen LogP contribution in [0.2, 0.25) is 0 Å². The van der Waals surface area contributed by atoms with Crippen molar-refractivity contribution in [3.63, 3.8) is 0 Å². The quantitative estimate of drug-likeness (QED) is 0.494. The molecule has 1 heterocycles. The lowest BCUT2D eigenvalue weighted by Crippen LogP contribution is -2.46. The van der Waals surface area contributed by atoms with Crippen molar-refractivity contribution < 1.29 is 9.84 Å². The topological polar surface area (TPSA) is 53.5 Å². The van der Waals surface area contributed by atoms with Crippen LogP contribution in [-0.4, -0.2) is 37.5 Å². The highest BCUT2D eigenvalue weighted by Gasteiger charge is 2.40. The molecule has 4 rings (SSSR count). The molecule has 3 atom stereocenters. The molecule has 3 aromatic carbocycles. The summed E-state index contributed by atoms with van der Waals surface area (Å²) < 4.78 is 5.55. The zero-order valence-electron chi connectivity index (χ0n) is 18.1. The summed E-state index contributed by atoms with van der Waals surface area (Å²) in [5.41, 5.74) is 3.76. The zero-order chi connectivity index (χ0) is 21.5. The molecular formula is C27H32N2O2. The van der Waals surface area contributed by atoms with Gasteiger partial charge in [-0.05, 0) is 36.1 Å². The molecule has 31 heavy (non-hydrogen) atoms. The highest BCUT2D eigenvalue weighted by Crippen LogP contribution is 2.35. The molecule has 0 unspecified atom stereocenters. The fourth-order valence-electron chi connectivity index (χ4n) is 4.91. The lowest BCUT2D eigenvalue weighted by atomic mass is 9.80. The van der Waals surface area contributed by atoms with Gasteiger partial charge >= 0.3 is 0 Å². The maximum atomic E-state index is 9.70. The van der Waals surface area contributed by atoms with Crippen molar-refractivity contribution in [3.05, 3.63) is 102 Å². The molecule has 0 radical (unpaired) electrons. The number of hydrogen-bond acceptors (Lipinski definition) is 4. The van der Waals surface area contributed by atoms with E-state index >= 15 is 0 Å². The van der Waals surface area contributed by atoms with Crippen molar-refractivity contribution >= 4 is 0 Å². The zero-order valence-corrected chi connectivity index (χ0v) is 18.1. The van der Waals surface area contributed by atoms with Gasteiger partial charge in [-0.2, -0.15) is 0 Å². The lowest BCUT2D eigenvalue weighted by molar-refractivity contribution is 0.241. The second-order valence-electron chi connectivity index (χ2n) is 8.22. The predicted octanol–water partition coefficient (Wildman–Crippen LogP) is 3.96. The lowest BCUT2D eigenvalue weighted by Gasteiger charge is -2.32. The Morgan fingerprint density at radius 3 is 2.16 bits per heavy atom. The highest BCUT2D eigenvalue weighted by molar-refractivity contribution is 5.36. The number of aliphatic hydroxyl groups excluding tert-OH is 1. The number of hydrogen-bond donors (Lipinski definition) is 3. The summed E-state index contributed by atoms with van der Waals surface area (Å²) in [7, 11) is 1.72. The van der Waals surface area contributed by atoms with Crippen molar-refractivity contribution in [2.75, 3.05) is 20.3 Å². The van der Waals surface area contributed by atoms with E-state index in [1.165, 1.54) is 11.1 Å². The van der Waals surface area contributed by atoms with Crippen LogP contribution >= 0.6 is 0 Å². The molecule has 0 amide bonds. The Balaban J connectivity index is 1.64. The molecular weight excluding hydrogens is 384 g/mol. The first-order chi connectivity index (χ1) is 15.3. The second-order valence-corrected chi connectivity index (χ2v) is 8.22. The van der Waals surface area contributed by atoms with E-state index in [0.717, 1.165) is 30.8 Å². The molecule has 3 aromatic rings. The molecule has 1 fully saturated rings. The Kier molecular flexibility index (Phi) is 7.36. The van der Waals surface area contributed by atoms with Crippen LogP contribution in [0.4, 0.5) is 0 Å². The number of para-hydroxylation sites is 1. The molecule has 0 spiro atoms. The third-order valence-corrected chi connectivity index (χ3v) is 6.41. The van der Waals surface area contributed by atoms with Crippen LogP contribution in [0, 0.1) is 5.92 Å². The average molecular weight is 417 g/mol. The Morgan fingerprint density at radius 1 is 0.935 bits per heavy atom. The molecule has 1 saturated heterocycles. The predicted molar refractivity (Wildman–Crippen MR) is 125 cm³/mol. The van der Waals surface area contributed by atoms with E-state index in [-0.39, 0.29) is 24.6 Å². The number of rotatable bonds is 9. The molecule has 0 bridgehead atoms. The summed E-state index contributed by atoms with van der Waals surface area (Å²) in [4.78, 5) is 0. The minimum absolute atomic E-state index is 0.202. The van der Waals surface area contributed by atoms with Crippen LogP contribution in [0.25, 0.3) is 0 Å². The van der Waals surface area contributed by atoms with Gasteiger partial charge in [-0.15, -0.1) is 0 Å². The van der Waals surface area contributed by atoms with E-state index in [4.69, 9.17) is 4.74 Å². The largest absolute Gasteiger partial charge is 0.496 e. The molecule has 1 aliphatic rings. The summed E-state index contributed by atoms with van der Waals surface area (Å²) in [5.74, 6) is 1.49. The number of aliphatic hydroxyl groups is 1. The van der Waals surface area contributed by atoms with Crippen LogP contribution < -0.4 is 15.4 Å². The summed E-state index contributed by atoms with van der Waals surface area (Å²) in [6, 6.07) is 30.1. The Hall–Kier alpha value is -2.66. The Labute approximate surface area is 185 Å². The normalized spacial score (nSPS) is 20.8. The van der Waals surface area contributed by atoms with Crippen molar-refractivity contribution in [2.45, 2.75) is 31.0 Å². The van der Waals surface area contributed by atoms with E-state index in [2.05, 4.69) is 77.4 Å². The highest BCUT2D eigenvalue weighted by atomic mass is 16.5. The van der Waals surface area contributed by atoms with Crippen molar-refractivity contribution in [1.29, 1.82) is 0 Å². The minimum atomic E-state index is 0.202. The van der Waals surface area contributed by atoms with Crippen LogP contribution in [0.5, 0.6) is 5.75 Å². The SMILES string of the molecule is COc1ccccc1CN[C@H]1[C@@H](CCO)CN[C@H]1C(c1ccccc1)c1ccccc1. The van der Waals surface area contributed by atoms with E-state index in [0.29, 0.717) is 5.92 Å². The molecule has 1 aliphatic heterocycles. The first-order valence-electron chi connectivity index (χ1n) is 11.1. The molecule has 4 nitrogen and oxygen atoms in total. The fraction of sp³-hybridized carbons (Fsp3) is 0.333. The van der Waals surface area contributed by atoms with Crippen LogP contribution in [0.15, 0.2) is 84.9 Å². The van der Waals surface area contributed by atoms with E-state index in [1.54, 1.807) is 7.11 Å². The first kappa shape index (κ1) is 21.6. The Bertz CT molecular complexity index is 893. The van der Waals surface area contributed by atoms with Crippen molar-refractivity contribution in [1.82, 2.24) is 10.6 Å². The molecule has 3 N–H and O–H groups in total. The monoisotopic (exact) mass is 416 g/mol. The van der Waals surface area contributed by atoms with Gasteiger partial charge in [0, 0.05) is 36.7 Å². The Morgan fingerprint density at radius 2 is 1.55 bits per heavy atom. The van der Waals surface area contributed by atoms with Crippen LogP contribution in [0.1, 0.15) is 29.0 Å². The third-order valence-electron chi connectivity index (χ3n) is 6.41. The summed E-state index contributed by atoms with van der Waals surface area (Å²) in [5, 5.41) is 17.3. The van der Waals surface area contributed by atoms with Gasteiger partial charge in [0.2, 0.25) is 0 Å². The first-order valence-corrected chi connectivity index (χ1v) is 11.1. The van der Waals surface area contributed by atoms with E-state index in [1.807, 2.05) is 18.2 Å². The summed E-state index contributed by atoms with van der Waals surface area (Å²) in [6.07, 6.45) is 0.781. The van der Waals surface area contributed by atoms with Gasteiger partial charge in [-0.3, -0.25) is 0 Å². The van der Waals surface area contributed by atoms with Crippen LogP contribution in [-0.2, 0) is 6.54 Å². The van der Waals surface area contributed by atoms with Crippen molar-refractivity contribution in [2.24, 2.45) is 5.92 Å². The standard InChI is InChI=1S/C27H32N2O2/c1-31-24-15-9-8-14-22(24)18-28-26-23(16-17-30)19-29-27(26)25(20-10-4-2-5-11-20)21-12-6-3-7-13-21/h2-15,23,25-30H,16-19H2,1H3/t23-,26-,27-/m0/s1. The summed E-state index contributed by atoms with van der Waals surface area (Å²) >= 11 is 0. The number of methoxy groups -OCH3 is 1. The van der Waals surface area contributed by atoms with Gasteiger partial charge in [-0.1, -0.05) is 78.9 Å². The molecule has 4 heteroatoms. The number of ether oxygens (including phenoxy) is 1. The van der Waals surface area contributed by atoms with Gasteiger partial charge in [0.05, 0.1) is 7.11 Å². The molecule has 162 valence electrons. The summed E-state index contributed by atoms with van der Waals surface area (Å²) in [6.45, 7) is 1.82. The maximum absolute atomic E-state index is 9.70. The molecule has 0 saturated carbocycles. The third kappa shape index (κ3) is 4.99.